The lowest BCUT2D eigenvalue weighted by Gasteiger charge is -1.99. The summed E-state index contributed by atoms with van der Waals surface area (Å²) in [4.78, 5) is 25.7. The molecule has 1 aromatic carbocycles. The van der Waals surface area contributed by atoms with Crippen molar-refractivity contribution in [2.75, 3.05) is 7.11 Å². The fourth-order valence-electron chi connectivity index (χ4n) is 1.50. The molecule has 94 valence electrons. The topological polar surface area (TPSA) is 79.8 Å². The number of hydrogen-bond acceptors (Lipinski definition) is 3. The van der Waals surface area contributed by atoms with E-state index in [9.17, 15) is 9.59 Å². The number of ether oxygens (including phenoxy) is 1. The zero-order valence-corrected chi connectivity index (χ0v) is 10.1. The highest BCUT2D eigenvalue weighted by Crippen LogP contribution is 2.07. The van der Waals surface area contributed by atoms with Crippen LogP contribution in [0.25, 0.3) is 5.53 Å². The van der Waals surface area contributed by atoms with E-state index in [4.69, 9.17) is 5.53 Å². The van der Waals surface area contributed by atoms with Gasteiger partial charge in [-0.05, 0) is 6.42 Å². The van der Waals surface area contributed by atoms with Crippen molar-refractivity contribution in [1.29, 1.82) is 0 Å². The van der Waals surface area contributed by atoms with Gasteiger partial charge in [0.2, 0.25) is 0 Å². The predicted octanol–water partition coefficient (Wildman–Crippen LogP) is 1.88. The average molecular weight is 246 g/mol. The molecule has 0 saturated heterocycles. The van der Waals surface area contributed by atoms with Gasteiger partial charge in [-0.3, -0.25) is 4.79 Å². The molecular formula is C13H14N2O3. The number of nitrogens with zero attached hydrogens (tertiary/aromatic N) is 2. The first-order valence-corrected chi connectivity index (χ1v) is 5.56. The highest BCUT2D eigenvalue weighted by atomic mass is 16.5. The number of esters is 1. The summed E-state index contributed by atoms with van der Waals surface area (Å²) in [5.41, 5.74) is 9.18. The molecule has 0 heterocycles. The van der Waals surface area contributed by atoms with Gasteiger partial charge in [-0.1, -0.05) is 30.3 Å². The van der Waals surface area contributed by atoms with Gasteiger partial charge in [-0.2, -0.15) is 4.79 Å². The van der Waals surface area contributed by atoms with Gasteiger partial charge in [0, 0.05) is 12.0 Å². The van der Waals surface area contributed by atoms with E-state index in [0.29, 0.717) is 18.4 Å². The van der Waals surface area contributed by atoms with Crippen LogP contribution in [0.3, 0.4) is 0 Å². The normalized spacial score (nSPS) is 9.39. The molecule has 0 aromatic heterocycles. The molecule has 0 saturated carbocycles. The smallest absolute Gasteiger partial charge is 0.416 e. The summed E-state index contributed by atoms with van der Waals surface area (Å²) in [7, 11) is 1.21. The maximum Gasteiger partial charge on any atom is 0.416 e. The van der Waals surface area contributed by atoms with Crippen molar-refractivity contribution in [3.05, 3.63) is 41.4 Å². The lowest BCUT2D eigenvalue weighted by molar-refractivity contribution is -0.137. The van der Waals surface area contributed by atoms with Gasteiger partial charge < -0.3 is 10.3 Å². The number of Topliss-reactive ketones (excluding diaryl/α,β-unsaturated/α-hetero) is 1. The fourth-order valence-corrected chi connectivity index (χ4v) is 1.50. The second kappa shape index (κ2) is 7.14. The lowest BCUT2D eigenvalue weighted by Crippen LogP contribution is -2.17. The zero-order chi connectivity index (χ0) is 13.4. The molecule has 0 amide bonds. The molecule has 0 radical (unpaired) electrons. The van der Waals surface area contributed by atoms with E-state index in [1.807, 2.05) is 6.07 Å². The minimum Gasteiger partial charge on any atom is -0.460 e. The second-order valence-electron chi connectivity index (χ2n) is 3.68. The zero-order valence-electron chi connectivity index (χ0n) is 10.1. The Hall–Kier alpha value is -2.26. The van der Waals surface area contributed by atoms with Gasteiger partial charge in [0.05, 0.1) is 13.5 Å². The molecule has 5 heteroatoms. The second-order valence-corrected chi connectivity index (χ2v) is 3.68. The minimum absolute atomic E-state index is 0.00208. The van der Waals surface area contributed by atoms with Crippen LogP contribution >= 0.6 is 0 Å². The van der Waals surface area contributed by atoms with E-state index in [-0.39, 0.29) is 17.9 Å². The Morgan fingerprint density at radius 1 is 1.22 bits per heavy atom. The number of carbonyl (C=O) groups is 2. The number of carbonyl (C=O) groups excluding carboxylic acids is 2. The van der Waals surface area contributed by atoms with E-state index >= 15 is 0 Å². The van der Waals surface area contributed by atoms with Crippen molar-refractivity contribution in [1.82, 2.24) is 0 Å². The van der Waals surface area contributed by atoms with Crippen LogP contribution in [0.1, 0.15) is 29.6 Å². The van der Waals surface area contributed by atoms with Crippen molar-refractivity contribution in [2.45, 2.75) is 19.3 Å². The van der Waals surface area contributed by atoms with E-state index in [0.717, 1.165) is 0 Å². The number of methoxy groups -OCH3 is 1. The molecule has 0 bridgehead atoms. The molecule has 0 N–H and O–H groups in total. The van der Waals surface area contributed by atoms with Crippen molar-refractivity contribution >= 4 is 17.5 Å². The third-order valence-corrected chi connectivity index (χ3v) is 2.45. The van der Waals surface area contributed by atoms with Gasteiger partial charge in [-0.25, -0.2) is 4.79 Å². The SMILES string of the molecule is COC(=O)C(CCCC(=O)c1ccccc1)=[N+]=[N-]. The van der Waals surface area contributed by atoms with Crippen molar-refractivity contribution in [3.63, 3.8) is 0 Å². The Kier molecular flexibility index (Phi) is 5.48. The summed E-state index contributed by atoms with van der Waals surface area (Å²) in [5, 5.41) is 0. The third kappa shape index (κ3) is 3.96. The molecular weight excluding hydrogens is 232 g/mol. The van der Waals surface area contributed by atoms with Crippen LogP contribution in [0.15, 0.2) is 30.3 Å². The molecule has 5 nitrogen and oxygen atoms in total. The summed E-state index contributed by atoms with van der Waals surface area (Å²) >= 11 is 0. The number of hydrogen-bond donors (Lipinski definition) is 0. The molecule has 0 aliphatic carbocycles. The van der Waals surface area contributed by atoms with E-state index in [2.05, 4.69) is 9.53 Å². The molecule has 1 aromatic rings. The van der Waals surface area contributed by atoms with E-state index in [1.54, 1.807) is 24.3 Å². The summed E-state index contributed by atoms with van der Waals surface area (Å²) < 4.78 is 4.43. The first kappa shape index (κ1) is 13.8. The van der Waals surface area contributed by atoms with Crippen LogP contribution < -0.4 is 0 Å². The first-order chi connectivity index (χ1) is 8.69. The van der Waals surface area contributed by atoms with Crippen molar-refractivity contribution < 1.29 is 19.1 Å². The Morgan fingerprint density at radius 3 is 2.44 bits per heavy atom. The third-order valence-electron chi connectivity index (χ3n) is 2.45. The number of rotatable bonds is 6. The van der Waals surface area contributed by atoms with Crippen LogP contribution in [0.2, 0.25) is 0 Å². The predicted molar refractivity (Wildman–Crippen MR) is 65.3 cm³/mol. The first-order valence-electron chi connectivity index (χ1n) is 5.56. The largest absolute Gasteiger partial charge is 0.460 e. The monoisotopic (exact) mass is 246 g/mol. The molecule has 1 rings (SSSR count). The number of benzene rings is 1. The quantitative estimate of drug-likeness (QED) is 0.253. The van der Waals surface area contributed by atoms with Gasteiger partial charge in [-0.15, -0.1) is 0 Å². The van der Waals surface area contributed by atoms with Crippen LogP contribution in [-0.2, 0) is 9.53 Å². The van der Waals surface area contributed by atoms with Gasteiger partial charge >= 0.3 is 11.7 Å². The Balaban J connectivity index is 2.45. The fraction of sp³-hybridized carbons (Fsp3) is 0.308. The molecule has 0 aliphatic heterocycles. The molecule has 0 atom stereocenters. The Morgan fingerprint density at radius 2 is 1.89 bits per heavy atom. The van der Waals surface area contributed by atoms with Crippen molar-refractivity contribution in [3.8, 4) is 0 Å². The van der Waals surface area contributed by atoms with Gasteiger partial charge in [0.1, 0.15) is 0 Å². The maximum absolute atomic E-state index is 11.7. The highest BCUT2D eigenvalue weighted by molar-refractivity contribution is 6.33. The minimum atomic E-state index is -0.676. The number of ketones is 1. The van der Waals surface area contributed by atoms with E-state index in [1.165, 1.54) is 7.11 Å². The van der Waals surface area contributed by atoms with Crippen LogP contribution in [0.4, 0.5) is 0 Å². The molecule has 0 unspecified atom stereocenters. The van der Waals surface area contributed by atoms with Crippen LogP contribution in [0, 0.1) is 0 Å². The van der Waals surface area contributed by atoms with E-state index < -0.39 is 5.97 Å². The summed E-state index contributed by atoms with van der Waals surface area (Å²) in [6.45, 7) is 0. The summed E-state index contributed by atoms with van der Waals surface area (Å²) in [6.07, 6.45) is 0.935. The Labute approximate surface area is 105 Å². The average Bonchev–Trinajstić information content (AvgIpc) is 2.43. The lowest BCUT2D eigenvalue weighted by atomic mass is 10.0. The molecule has 18 heavy (non-hydrogen) atoms. The Bertz CT molecular complexity index is 476. The van der Waals surface area contributed by atoms with Gasteiger partial charge in [0.25, 0.3) is 0 Å². The standard InChI is InChI=1S/C13H14N2O3/c1-18-13(17)11(15-14)8-5-9-12(16)10-6-3-2-4-7-10/h2-4,6-7H,5,8-9H2,1H3. The molecule has 0 fully saturated rings. The van der Waals surface area contributed by atoms with Crippen LogP contribution in [0.5, 0.6) is 0 Å². The molecule has 0 spiro atoms. The summed E-state index contributed by atoms with van der Waals surface area (Å²) in [6, 6.07) is 8.91. The molecule has 0 aliphatic rings. The van der Waals surface area contributed by atoms with Crippen molar-refractivity contribution in [2.24, 2.45) is 0 Å². The van der Waals surface area contributed by atoms with Crippen LogP contribution in [-0.4, -0.2) is 29.4 Å². The van der Waals surface area contributed by atoms with Gasteiger partial charge in [0.15, 0.2) is 5.78 Å². The summed E-state index contributed by atoms with van der Waals surface area (Å²) in [5.74, 6) is -0.678. The highest BCUT2D eigenvalue weighted by Gasteiger charge is 2.20. The maximum atomic E-state index is 11.7.